The van der Waals surface area contributed by atoms with Crippen LogP contribution in [0, 0.1) is 0 Å². The highest BCUT2D eigenvalue weighted by Gasteiger charge is 2.55. The van der Waals surface area contributed by atoms with Crippen LogP contribution >= 0.6 is 11.6 Å². The van der Waals surface area contributed by atoms with Crippen molar-refractivity contribution in [2.75, 3.05) is 0 Å². The molecule has 4 aromatic rings. The zero-order chi connectivity index (χ0) is 21.9. The number of halogens is 1. The molecule has 1 saturated carbocycles. The summed E-state index contributed by atoms with van der Waals surface area (Å²) in [6, 6.07) is 10.3. The van der Waals surface area contributed by atoms with Gasteiger partial charge in [0.15, 0.2) is 5.79 Å². The molecule has 1 aliphatic heterocycles. The van der Waals surface area contributed by atoms with Crippen molar-refractivity contribution in [2.45, 2.75) is 57.0 Å². The van der Waals surface area contributed by atoms with E-state index in [1.54, 1.807) is 0 Å². The Kier molecular flexibility index (Phi) is 4.69. The summed E-state index contributed by atoms with van der Waals surface area (Å²) in [7, 11) is 0. The van der Waals surface area contributed by atoms with E-state index in [2.05, 4.69) is 37.7 Å². The standard InChI is InChI=1S/C24H23ClN4O3/c1-24(2)31-20-18(29-8-6-17-22(25)27-13-28-23(17)29)10-19(21(20)32-24)30-12-14-3-4-16-11-26-7-5-15(16)9-14/h3-9,11,13,18-21H,10,12H2,1-2H3/t18-,19+,20+,21-/m1/s1. The van der Waals surface area contributed by atoms with Crippen LogP contribution < -0.4 is 0 Å². The Labute approximate surface area is 190 Å². The van der Waals surface area contributed by atoms with Crippen molar-refractivity contribution in [1.29, 1.82) is 0 Å². The number of hydrogen-bond donors (Lipinski definition) is 0. The summed E-state index contributed by atoms with van der Waals surface area (Å²) in [4.78, 5) is 12.7. The maximum absolute atomic E-state index is 6.42. The zero-order valence-corrected chi connectivity index (χ0v) is 18.6. The van der Waals surface area contributed by atoms with E-state index in [9.17, 15) is 0 Å². The summed E-state index contributed by atoms with van der Waals surface area (Å²) in [5, 5.41) is 3.55. The molecule has 0 amide bonds. The number of hydrogen-bond acceptors (Lipinski definition) is 6. The maximum Gasteiger partial charge on any atom is 0.164 e. The van der Waals surface area contributed by atoms with E-state index < -0.39 is 5.79 Å². The third-order valence-electron chi connectivity index (χ3n) is 6.37. The molecule has 2 fully saturated rings. The highest BCUT2D eigenvalue weighted by atomic mass is 35.5. The molecule has 0 spiro atoms. The molecule has 2 aliphatic rings. The minimum Gasteiger partial charge on any atom is -0.371 e. The van der Waals surface area contributed by atoms with Crippen LogP contribution in [0.3, 0.4) is 0 Å². The van der Waals surface area contributed by atoms with Crippen molar-refractivity contribution in [3.05, 3.63) is 66.0 Å². The van der Waals surface area contributed by atoms with Crippen molar-refractivity contribution in [2.24, 2.45) is 0 Å². The van der Waals surface area contributed by atoms with E-state index in [-0.39, 0.29) is 24.4 Å². The molecule has 1 aromatic carbocycles. The van der Waals surface area contributed by atoms with Gasteiger partial charge in [0, 0.05) is 24.0 Å². The summed E-state index contributed by atoms with van der Waals surface area (Å²) < 4.78 is 21.1. The quantitative estimate of drug-likeness (QED) is 0.420. The maximum atomic E-state index is 6.42. The van der Waals surface area contributed by atoms with E-state index in [0.717, 1.165) is 33.8 Å². The first-order valence-electron chi connectivity index (χ1n) is 10.8. The summed E-state index contributed by atoms with van der Waals surface area (Å²) in [6.45, 7) is 4.40. The minimum absolute atomic E-state index is 0.0259. The fourth-order valence-electron chi connectivity index (χ4n) is 4.98. The molecule has 0 radical (unpaired) electrons. The van der Waals surface area contributed by atoms with Gasteiger partial charge in [0.05, 0.1) is 24.1 Å². The first-order valence-corrected chi connectivity index (χ1v) is 11.1. The van der Waals surface area contributed by atoms with E-state index in [1.807, 2.05) is 44.6 Å². The molecule has 1 aliphatic carbocycles. The highest BCUT2D eigenvalue weighted by molar-refractivity contribution is 6.33. The van der Waals surface area contributed by atoms with E-state index in [4.69, 9.17) is 25.8 Å². The van der Waals surface area contributed by atoms with Gasteiger partial charge in [-0.15, -0.1) is 0 Å². The molecule has 6 rings (SSSR count). The van der Waals surface area contributed by atoms with Crippen LogP contribution in [-0.4, -0.2) is 43.6 Å². The van der Waals surface area contributed by atoms with Gasteiger partial charge in [-0.2, -0.15) is 0 Å². The first-order chi connectivity index (χ1) is 15.5. The summed E-state index contributed by atoms with van der Waals surface area (Å²) in [5.74, 6) is -0.666. The molecule has 4 atom stereocenters. The monoisotopic (exact) mass is 450 g/mol. The number of nitrogens with zero attached hydrogens (tertiary/aromatic N) is 4. The lowest BCUT2D eigenvalue weighted by Crippen LogP contribution is -2.30. The summed E-state index contributed by atoms with van der Waals surface area (Å²) in [6.07, 6.45) is 7.53. The van der Waals surface area contributed by atoms with E-state index in [0.29, 0.717) is 11.8 Å². The number of ether oxygens (including phenoxy) is 3. The third kappa shape index (κ3) is 3.36. The largest absolute Gasteiger partial charge is 0.371 e. The SMILES string of the molecule is CC1(C)O[C@@H]2[C@H](O1)[C@@H](OCc1ccc3cnccc3c1)C[C@H]2n1ccc2c(Cl)ncnc21. The van der Waals surface area contributed by atoms with Crippen molar-refractivity contribution in [1.82, 2.24) is 19.5 Å². The van der Waals surface area contributed by atoms with Crippen molar-refractivity contribution in [3.8, 4) is 0 Å². The number of fused-ring (bicyclic) bond motifs is 3. The fraction of sp³-hybridized carbons (Fsp3) is 0.375. The van der Waals surface area contributed by atoms with Crippen LogP contribution in [0.4, 0.5) is 0 Å². The van der Waals surface area contributed by atoms with Gasteiger partial charge < -0.3 is 18.8 Å². The average Bonchev–Trinajstić information content (AvgIpc) is 3.44. The van der Waals surface area contributed by atoms with Gasteiger partial charge in [0.25, 0.3) is 0 Å². The molecule has 4 heterocycles. The predicted octanol–water partition coefficient (Wildman–Crippen LogP) is 4.68. The fourth-order valence-corrected chi connectivity index (χ4v) is 5.17. The number of rotatable bonds is 4. The van der Waals surface area contributed by atoms with Crippen LogP contribution in [0.15, 0.2) is 55.2 Å². The van der Waals surface area contributed by atoms with E-state index >= 15 is 0 Å². The molecule has 0 unspecified atom stereocenters. The lowest BCUT2D eigenvalue weighted by molar-refractivity contribution is -0.171. The number of pyridine rings is 1. The van der Waals surface area contributed by atoms with Gasteiger partial charge in [0.1, 0.15) is 29.3 Å². The van der Waals surface area contributed by atoms with Crippen LogP contribution in [0.5, 0.6) is 0 Å². The third-order valence-corrected chi connectivity index (χ3v) is 6.67. The Morgan fingerprint density at radius 3 is 2.91 bits per heavy atom. The van der Waals surface area contributed by atoms with Gasteiger partial charge >= 0.3 is 0 Å². The summed E-state index contributed by atoms with van der Waals surface area (Å²) >= 11 is 6.27. The number of aromatic nitrogens is 4. The molecule has 3 aromatic heterocycles. The Morgan fingerprint density at radius 1 is 1.12 bits per heavy atom. The molecule has 32 heavy (non-hydrogen) atoms. The summed E-state index contributed by atoms with van der Waals surface area (Å²) in [5.41, 5.74) is 1.92. The second kappa shape index (κ2) is 7.49. The topological polar surface area (TPSA) is 71.3 Å². The molecule has 164 valence electrons. The number of benzene rings is 1. The smallest absolute Gasteiger partial charge is 0.164 e. The first kappa shape index (κ1) is 20.1. The van der Waals surface area contributed by atoms with Crippen LogP contribution in [0.2, 0.25) is 5.15 Å². The van der Waals surface area contributed by atoms with Gasteiger partial charge in [-0.05, 0) is 49.4 Å². The van der Waals surface area contributed by atoms with Crippen LogP contribution in [-0.2, 0) is 20.8 Å². The second-order valence-electron chi connectivity index (χ2n) is 8.90. The van der Waals surface area contributed by atoms with Crippen molar-refractivity contribution >= 4 is 33.4 Å². The second-order valence-corrected chi connectivity index (χ2v) is 9.26. The minimum atomic E-state index is -0.666. The molecule has 7 nitrogen and oxygen atoms in total. The zero-order valence-electron chi connectivity index (χ0n) is 17.8. The lowest BCUT2D eigenvalue weighted by atomic mass is 10.1. The molecule has 8 heteroatoms. The highest BCUT2D eigenvalue weighted by Crippen LogP contribution is 2.46. The molecular weight excluding hydrogens is 428 g/mol. The van der Waals surface area contributed by atoms with Gasteiger partial charge in [-0.25, -0.2) is 9.97 Å². The average molecular weight is 451 g/mol. The van der Waals surface area contributed by atoms with Gasteiger partial charge in [0.2, 0.25) is 0 Å². The molecular formula is C24H23ClN4O3. The Bertz CT molecular complexity index is 1310. The lowest BCUT2D eigenvalue weighted by Gasteiger charge is -2.24. The van der Waals surface area contributed by atoms with E-state index in [1.165, 1.54) is 6.33 Å². The molecule has 0 N–H and O–H groups in total. The normalized spacial score (nSPS) is 26.7. The Hall–Kier alpha value is -2.58. The Balaban J connectivity index is 1.28. The molecule has 1 saturated heterocycles. The predicted molar refractivity (Wildman–Crippen MR) is 120 cm³/mol. The van der Waals surface area contributed by atoms with Crippen molar-refractivity contribution in [3.63, 3.8) is 0 Å². The van der Waals surface area contributed by atoms with Gasteiger partial charge in [-0.3, -0.25) is 4.98 Å². The van der Waals surface area contributed by atoms with Crippen molar-refractivity contribution < 1.29 is 14.2 Å². The molecule has 0 bridgehead atoms. The van der Waals surface area contributed by atoms with Crippen LogP contribution in [0.25, 0.3) is 21.8 Å². The van der Waals surface area contributed by atoms with Gasteiger partial charge in [-0.1, -0.05) is 23.7 Å². The Morgan fingerprint density at radius 2 is 2.00 bits per heavy atom. The van der Waals surface area contributed by atoms with Crippen LogP contribution in [0.1, 0.15) is 31.9 Å².